The summed E-state index contributed by atoms with van der Waals surface area (Å²) in [5, 5.41) is 8.38. The number of benzene rings is 1. The highest BCUT2D eigenvalue weighted by atomic mass is 19.1. The number of aromatic nitrogens is 4. The Balaban J connectivity index is 1.65. The Morgan fingerprint density at radius 2 is 1.93 bits per heavy atom. The molecule has 0 amide bonds. The van der Waals surface area contributed by atoms with E-state index in [0.29, 0.717) is 24.2 Å². The monoisotopic (exact) mass is 391 g/mol. The van der Waals surface area contributed by atoms with Crippen molar-refractivity contribution in [1.82, 2.24) is 19.6 Å². The number of pyridine rings is 2. The van der Waals surface area contributed by atoms with E-state index >= 15 is 0 Å². The van der Waals surface area contributed by atoms with Crippen LogP contribution in [-0.4, -0.2) is 40.8 Å². The van der Waals surface area contributed by atoms with Gasteiger partial charge in [0.2, 0.25) is 0 Å². The number of halogens is 1. The van der Waals surface area contributed by atoms with Crippen molar-refractivity contribution in [2.45, 2.75) is 12.8 Å². The zero-order valence-corrected chi connectivity index (χ0v) is 16.6. The minimum atomic E-state index is -0.256. The molecule has 29 heavy (non-hydrogen) atoms. The van der Waals surface area contributed by atoms with E-state index in [-0.39, 0.29) is 5.82 Å². The van der Waals surface area contributed by atoms with Crippen LogP contribution in [0.2, 0.25) is 0 Å². The summed E-state index contributed by atoms with van der Waals surface area (Å²) < 4.78 is 21.5. The van der Waals surface area contributed by atoms with Crippen molar-refractivity contribution >= 4 is 11.5 Å². The fourth-order valence-electron chi connectivity index (χ4n) is 3.43. The molecule has 0 saturated heterocycles. The number of hydrogen-bond acceptors (Lipinski definition) is 5. The number of hydrogen-bond donors (Lipinski definition) is 0. The maximum absolute atomic E-state index is 14.2. The van der Waals surface area contributed by atoms with E-state index in [1.165, 1.54) is 6.07 Å². The Morgan fingerprint density at radius 1 is 1.07 bits per heavy atom. The maximum Gasteiger partial charge on any atom is 0.168 e. The number of aryl methyl sites for hydroxylation is 1. The van der Waals surface area contributed by atoms with Crippen LogP contribution in [0.4, 0.5) is 10.2 Å². The van der Waals surface area contributed by atoms with Crippen molar-refractivity contribution < 1.29 is 9.13 Å². The third kappa shape index (κ3) is 3.63. The fourth-order valence-corrected chi connectivity index (χ4v) is 3.43. The number of rotatable bonds is 6. The topological polar surface area (TPSA) is 55.5 Å². The van der Waals surface area contributed by atoms with Crippen LogP contribution < -0.4 is 9.64 Å². The summed E-state index contributed by atoms with van der Waals surface area (Å²) in [5.74, 6) is 1.20. The van der Waals surface area contributed by atoms with Gasteiger partial charge in [-0.3, -0.25) is 4.40 Å². The second-order valence-electron chi connectivity index (χ2n) is 6.98. The first-order chi connectivity index (χ1) is 14.1. The third-order valence-electron chi connectivity index (χ3n) is 4.98. The Bertz CT molecular complexity index is 1140. The SMILES string of the molecule is COc1cccc(F)c1CCc1ccc(-c2ccc(N(C)C)nc2)c2nncn12. The fraction of sp³-hybridized carbons (Fsp3) is 0.227. The second kappa shape index (κ2) is 7.87. The van der Waals surface area contributed by atoms with Crippen LogP contribution in [0.3, 0.4) is 0 Å². The van der Waals surface area contributed by atoms with Crippen LogP contribution in [0.5, 0.6) is 5.75 Å². The van der Waals surface area contributed by atoms with Gasteiger partial charge in [0.1, 0.15) is 23.7 Å². The van der Waals surface area contributed by atoms with Gasteiger partial charge in [-0.2, -0.15) is 0 Å². The van der Waals surface area contributed by atoms with Crippen LogP contribution in [-0.2, 0) is 12.8 Å². The van der Waals surface area contributed by atoms with Crippen LogP contribution in [0.15, 0.2) is 55.0 Å². The Kier molecular flexibility index (Phi) is 5.12. The molecule has 0 aliphatic heterocycles. The smallest absolute Gasteiger partial charge is 0.168 e. The molecule has 6 nitrogen and oxygen atoms in total. The summed E-state index contributed by atoms with van der Waals surface area (Å²) in [4.78, 5) is 6.44. The lowest BCUT2D eigenvalue weighted by molar-refractivity contribution is 0.404. The van der Waals surface area contributed by atoms with E-state index in [9.17, 15) is 4.39 Å². The number of anilines is 1. The normalized spacial score (nSPS) is 11.0. The molecule has 4 aromatic rings. The molecule has 0 aliphatic carbocycles. The van der Waals surface area contributed by atoms with Gasteiger partial charge < -0.3 is 9.64 Å². The molecule has 0 aliphatic rings. The quantitative estimate of drug-likeness (QED) is 0.501. The molecule has 7 heteroatoms. The lowest BCUT2D eigenvalue weighted by Crippen LogP contribution is -2.10. The van der Waals surface area contributed by atoms with Gasteiger partial charge in [-0.15, -0.1) is 10.2 Å². The lowest BCUT2D eigenvalue weighted by Gasteiger charge is -2.13. The zero-order valence-electron chi connectivity index (χ0n) is 16.6. The van der Waals surface area contributed by atoms with Gasteiger partial charge in [0.15, 0.2) is 5.65 Å². The largest absolute Gasteiger partial charge is 0.496 e. The number of fused-ring (bicyclic) bond motifs is 1. The third-order valence-corrected chi connectivity index (χ3v) is 4.98. The Hall–Kier alpha value is -3.48. The second-order valence-corrected chi connectivity index (χ2v) is 6.98. The molecule has 0 fully saturated rings. The van der Waals surface area contributed by atoms with Crippen molar-refractivity contribution in [1.29, 1.82) is 0 Å². The summed E-state index contributed by atoms with van der Waals surface area (Å²) in [6.07, 6.45) is 4.67. The number of methoxy groups -OCH3 is 1. The van der Waals surface area contributed by atoms with Gasteiger partial charge >= 0.3 is 0 Å². The highest BCUT2D eigenvalue weighted by molar-refractivity contribution is 5.77. The van der Waals surface area contributed by atoms with E-state index in [2.05, 4.69) is 15.2 Å². The zero-order chi connectivity index (χ0) is 20.4. The molecule has 3 heterocycles. The van der Waals surface area contributed by atoms with Gasteiger partial charge in [-0.25, -0.2) is 9.37 Å². The van der Waals surface area contributed by atoms with Crippen molar-refractivity contribution in [2.24, 2.45) is 0 Å². The average Bonchev–Trinajstić information content (AvgIpc) is 3.23. The molecule has 0 spiro atoms. The number of nitrogens with zero attached hydrogens (tertiary/aromatic N) is 5. The van der Waals surface area contributed by atoms with E-state index in [4.69, 9.17) is 4.74 Å². The summed E-state index contributed by atoms with van der Waals surface area (Å²) in [6.45, 7) is 0. The van der Waals surface area contributed by atoms with Gasteiger partial charge in [-0.05, 0) is 49.2 Å². The molecule has 148 valence electrons. The molecule has 3 aromatic heterocycles. The average molecular weight is 391 g/mol. The summed E-state index contributed by atoms with van der Waals surface area (Å²) in [5.41, 5.74) is 4.24. The Morgan fingerprint density at radius 3 is 2.66 bits per heavy atom. The molecule has 4 rings (SSSR count). The first-order valence-electron chi connectivity index (χ1n) is 9.35. The summed E-state index contributed by atoms with van der Waals surface area (Å²) in [6, 6.07) is 12.9. The predicted octanol–water partition coefficient (Wildman–Crippen LogP) is 3.79. The van der Waals surface area contributed by atoms with Crippen LogP contribution in [0.1, 0.15) is 11.3 Å². The molecule has 0 saturated carbocycles. The number of ether oxygens (including phenoxy) is 1. The Labute approximate surface area is 168 Å². The van der Waals surface area contributed by atoms with Gasteiger partial charge in [-0.1, -0.05) is 6.07 Å². The summed E-state index contributed by atoms with van der Waals surface area (Å²) >= 11 is 0. The predicted molar refractivity (Wildman–Crippen MR) is 111 cm³/mol. The first-order valence-corrected chi connectivity index (χ1v) is 9.35. The minimum Gasteiger partial charge on any atom is -0.496 e. The van der Waals surface area contributed by atoms with Crippen molar-refractivity contribution in [3.8, 4) is 16.9 Å². The van der Waals surface area contributed by atoms with E-state index in [1.54, 1.807) is 25.6 Å². The minimum absolute atomic E-state index is 0.256. The van der Waals surface area contributed by atoms with Crippen molar-refractivity contribution in [2.75, 3.05) is 26.1 Å². The van der Waals surface area contributed by atoms with E-state index < -0.39 is 0 Å². The van der Waals surface area contributed by atoms with Gasteiger partial charge in [0.25, 0.3) is 0 Å². The maximum atomic E-state index is 14.2. The van der Waals surface area contributed by atoms with Crippen LogP contribution in [0.25, 0.3) is 16.8 Å². The molecule has 0 unspecified atom stereocenters. The highest BCUT2D eigenvalue weighted by Gasteiger charge is 2.13. The molecule has 1 aromatic carbocycles. The highest BCUT2D eigenvalue weighted by Crippen LogP contribution is 2.27. The van der Waals surface area contributed by atoms with Crippen LogP contribution >= 0.6 is 0 Å². The summed E-state index contributed by atoms with van der Waals surface area (Å²) in [7, 11) is 5.47. The van der Waals surface area contributed by atoms with E-state index in [1.807, 2.05) is 53.9 Å². The molecular weight excluding hydrogens is 369 g/mol. The molecule has 0 N–H and O–H groups in total. The lowest BCUT2D eigenvalue weighted by atomic mass is 10.0. The first kappa shape index (κ1) is 18.9. The van der Waals surface area contributed by atoms with Gasteiger partial charge in [0, 0.05) is 42.7 Å². The molecule has 0 radical (unpaired) electrons. The van der Waals surface area contributed by atoms with Crippen molar-refractivity contribution in [3.63, 3.8) is 0 Å². The van der Waals surface area contributed by atoms with Crippen LogP contribution in [0, 0.1) is 5.82 Å². The molecule has 0 bridgehead atoms. The van der Waals surface area contributed by atoms with E-state index in [0.717, 1.165) is 28.3 Å². The van der Waals surface area contributed by atoms with Crippen molar-refractivity contribution in [3.05, 3.63) is 72.1 Å². The van der Waals surface area contributed by atoms with Gasteiger partial charge in [0.05, 0.1) is 7.11 Å². The molecule has 0 atom stereocenters. The standard InChI is InChI=1S/C22H22FN5O/c1-27(2)21-12-7-15(13-24-21)17-10-8-16(28-14-25-26-22(17)28)9-11-18-19(23)5-4-6-20(18)29-3/h4-8,10,12-14H,9,11H2,1-3H3. The molecular formula is C22H22FN5O.